The first-order valence-electron chi connectivity index (χ1n) is 8.61. The molecule has 4 rings (SSSR count). The number of carbonyl (C=O) groups is 1. The highest BCUT2D eigenvalue weighted by atomic mass is 32.2. The number of aromatic nitrogens is 1. The second-order valence-corrected chi connectivity index (χ2v) is 10.0. The van der Waals surface area contributed by atoms with Gasteiger partial charge in [0.15, 0.2) is 5.13 Å². The Hall–Kier alpha value is -1.98. The van der Waals surface area contributed by atoms with Gasteiger partial charge in [-0.25, -0.2) is 13.4 Å². The molecule has 0 atom stereocenters. The lowest BCUT2D eigenvalue weighted by atomic mass is 10.1. The van der Waals surface area contributed by atoms with E-state index in [0.29, 0.717) is 36.4 Å². The molecule has 0 bridgehead atoms. The highest BCUT2D eigenvalue weighted by Crippen LogP contribution is 2.36. The average Bonchev–Trinajstić information content (AvgIpc) is 3.42. The first kappa shape index (κ1) is 19.3. The molecule has 1 fully saturated rings. The van der Waals surface area contributed by atoms with E-state index in [0.717, 1.165) is 23.5 Å². The zero-order valence-corrected chi connectivity index (χ0v) is 16.1. The number of anilines is 1. The van der Waals surface area contributed by atoms with Crippen molar-refractivity contribution in [1.82, 2.24) is 9.29 Å². The standard InChI is InChI=1S/C17H16F3N3O3S2/c18-17(19,20)12-4-2-1-3-11(12)15(24)22-16-21-13-7-8-23(9-14(13)27-16)28(25,26)10-5-6-10/h1-4,10H,5-9H2,(H,21,22,24). The molecule has 0 radical (unpaired) electrons. The maximum absolute atomic E-state index is 13.1. The number of hydrogen-bond donors (Lipinski definition) is 1. The minimum absolute atomic E-state index is 0.164. The molecule has 150 valence electrons. The Labute approximate surface area is 163 Å². The number of amides is 1. The van der Waals surface area contributed by atoms with Gasteiger partial charge in [-0.3, -0.25) is 10.1 Å². The van der Waals surface area contributed by atoms with Crippen LogP contribution in [0.1, 0.15) is 39.3 Å². The van der Waals surface area contributed by atoms with E-state index in [-0.39, 0.29) is 16.9 Å². The van der Waals surface area contributed by atoms with Gasteiger partial charge in [-0.2, -0.15) is 17.5 Å². The fraction of sp³-hybridized carbons (Fsp3) is 0.412. The largest absolute Gasteiger partial charge is 0.417 e. The van der Waals surface area contributed by atoms with Crippen molar-refractivity contribution in [3.63, 3.8) is 0 Å². The first-order valence-corrected chi connectivity index (χ1v) is 10.9. The summed E-state index contributed by atoms with van der Waals surface area (Å²) in [5, 5.41) is 2.28. The van der Waals surface area contributed by atoms with E-state index in [4.69, 9.17) is 0 Å². The summed E-state index contributed by atoms with van der Waals surface area (Å²) < 4.78 is 65.5. The van der Waals surface area contributed by atoms with Crippen LogP contribution in [0.4, 0.5) is 18.3 Å². The molecule has 1 aromatic carbocycles. The van der Waals surface area contributed by atoms with Crippen molar-refractivity contribution in [3.05, 3.63) is 46.0 Å². The van der Waals surface area contributed by atoms with Crippen LogP contribution in [0.5, 0.6) is 0 Å². The summed E-state index contributed by atoms with van der Waals surface area (Å²) >= 11 is 1.09. The van der Waals surface area contributed by atoms with Crippen LogP contribution in [-0.4, -0.2) is 35.4 Å². The molecular weight excluding hydrogens is 415 g/mol. The fourth-order valence-corrected chi connectivity index (χ4v) is 6.02. The molecule has 11 heteroatoms. The van der Waals surface area contributed by atoms with Crippen LogP contribution in [0.2, 0.25) is 0 Å². The summed E-state index contributed by atoms with van der Waals surface area (Å²) in [6, 6.07) is 4.53. The third-order valence-corrected chi connectivity index (χ3v) is 8.04. The van der Waals surface area contributed by atoms with Crippen molar-refractivity contribution in [2.45, 2.75) is 37.2 Å². The lowest BCUT2D eigenvalue weighted by Gasteiger charge is -2.25. The van der Waals surface area contributed by atoms with Gasteiger partial charge in [0.05, 0.1) is 22.1 Å². The monoisotopic (exact) mass is 431 g/mol. The van der Waals surface area contributed by atoms with E-state index in [2.05, 4.69) is 10.3 Å². The molecule has 0 saturated heterocycles. The number of benzene rings is 1. The quantitative estimate of drug-likeness (QED) is 0.806. The number of nitrogens with zero attached hydrogens (tertiary/aromatic N) is 2. The molecule has 1 aromatic heterocycles. The van der Waals surface area contributed by atoms with Gasteiger partial charge < -0.3 is 0 Å². The number of hydrogen-bond acceptors (Lipinski definition) is 5. The topological polar surface area (TPSA) is 79.4 Å². The zero-order valence-electron chi connectivity index (χ0n) is 14.5. The molecule has 2 aliphatic rings. The number of thiazole rings is 1. The van der Waals surface area contributed by atoms with Crippen LogP contribution < -0.4 is 5.32 Å². The third-order valence-electron chi connectivity index (χ3n) is 4.70. The SMILES string of the molecule is O=C(Nc1nc2c(s1)CN(S(=O)(=O)C1CC1)CC2)c1ccccc1C(F)(F)F. The van der Waals surface area contributed by atoms with Gasteiger partial charge in [0, 0.05) is 24.4 Å². The van der Waals surface area contributed by atoms with E-state index in [1.165, 1.54) is 16.4 Å². The minimum atomic E-state index is -4.65. The molecule has 2 heterocycles. The van der Waals surface area contributed by atoms with E-state index < -0.39 is 33.2 Å². The third kappa shape index (κ3) is 3.65. The summed E-state index contributed by atoms with van der Waals surface area (Å²) in [6.07, 6.45) is -2.89. The van der Waals surface area contributed by atoms with Crippen LogP contribution >= 0.6 is 11.3 Å². The molecule has 0 spiro atoms. The highest BCUT2D eigenvalue weighted by Gasteiger charge is 2.41. The van der Waals surface area contributed by atoms with Gasteiger partial charge in [-0.15, -0.1) is 11.3 Å². The molecule has 1 aliphatic heterocycles. The Morgan fingerprint density at radius 1 is 1.25 bits per heavy atom. The molecule has 6 nitrogen and oxygen atoms in total. The summed E-state index contributed by atoms with van der Waals surface area (Å²) in [4.78, 5) is 17.3. The molecule has 1 aliphatic carbocycles. The second kappa shape index (κ2) is 6.82. The van der Waals surface area contributed by atoms with Crippen LogP contribution in [-0.2, 0) is 29.2 Å². The molecular formula is C17H16F3N3O3S2. The smallest absolute Gasteiger partial charge is 0.298 e. The lowest BCUT2D eigenvalue weighted by molar-refractivity contribution is -0.137. The highest BCUT2D eigenvalue weighted by molar-refractivity contribution is 7.90. The predicted octanol–water partition coefficient (Wildman–Crippen LogP) is 3.26. The maximum Gasteiger partial charge on any atom is 0.417 e. The van der Waals surface area contributed by atoms with Crippen molar-refractivity contribution < 1.29 is 26.4 Å². The lowest BCUT2D eigenvalue weighted by Crippen LogP contribution is -2.37. The number of halogens is 3. The summed E-state index contributed by atoms with van der Waals surface area (Å²) in [7, 11) is -3.31. The number of fused-ring (bicyclic) bond motifs is 1. The number of sulfonamides is 1. The van der Waals surface area contributed by atoms with Gasteiger partial charge in [-0.1, -0.05) is 12.1 Å². The van der Waals surface area contributed by atoms with Gasteiger partial charge in [0.2, 0.25) is 10.0 Å². The van der Waals surface area contributed by atoms with E-state index >= 15 is 0 Å². The van der Waals surface area contributed by atoms with Gasteiger partial charge >= 0.3 is 6.18 Å². The number of alkyl halides is 3. The van der Waals surface area contributed by atoms with Gasteiger partial charge in [0.25, 0.3) is 5.91 Å². The summed E-state index contributed by atoms with van der Waals surface area (Å²) in [5.41, 5.74) is -0.830. The molecule has 1 N–H and O–H groups in total. The van der Waals surface area contributed by atoms with Crippen molar-refractivity contribution in [3.8, 4) is 0 Å². The number of nitrogens with one attached hydrogen (secondary N) is 1. The Bertz CT molecular complexity index is 1030. The van der Waals surface area contributed by atoms with E-state index in [1.807, 2.05) is 0 Å². The summed E-state index contributed by atoms with van der Waals surface area (Å²) in [6.45, 7) is 0.501. The number of carbonyl (C=O) groups excluding carboxylic acids is 1. The zero-order chi connectivity index (χ0) is 20.1. The molecule has 1 saturated carbocycles. The molecule has 0 unspecified atom stereocenters. The van der Waals surface area contributed by atoms with E-state index in [9.17, 15) is 26.4 Å². The molecule has 2 aromatic rings. The molecule has 1 amide bonds. The van der Waals surface area contributed by atoms with Crippen LogP contribution in [0.25, 0.3) is 0 Å². The van der Waals surface area contributed by atoms with Gasteiger partial charge in [-0.05, 0) is 25.0 Å². The van der Waals surface area contributed by atoms with Crippen LogP contribution in [0, 0.1) is 0 Å². The van der Waals surface area contributed by atoms with Gasteiger partial charge in [0.1, 0.15) is 0 Å². The van der Waals surface area contributed by atoms with Crippen molar-refractivity contribution >= 4 is 32.4 Å². The normalized spacial score (nSPS) is 18.0. The van der Waals surface area contributed by atoms with Crippen molar-refractivity contribution in [2.75, 3.05) is 11.9 Å². The average molecular weight is 431 g/mol. The van der Waals surface area contributed by atoms with Crippen LogP contribution in [0.15, 0.2) is 24.3 Å². The fourth-order valence-electron chi connectivity index (χ4n) is 3.11. The van der Waals surface area contributed by atoms with Crippen LogP contribution in [0.3, 0.4) is 0 Å². The maximum atomic E-state index is 13.1. The van der Waals surface area contributed by atoms with Crippen molar-refractivity contribution in [1.29, 1.82) is 0 Å². The number of rotatable bonds is 4. The minimum Gasteiger partial charge on any atom is -0.298 e. The Kier molecular flexibility index (Phi) is 4.71. The van der Waals surface area contributed by atoms with E-state index in [1.54, 1.807) is 0 Å². The van der Waals surface area contributed by atoms with Crippen molar-refractivity contribution in [2.24, 2.45) is 0 Å². The molecule has 28 heavy (non-hydrogen) atoms. The Morgan fingerprint density at radius 3 is 2.64 bits per heavy atom. The first-order chi connectivity index (χ1) is 13.2. The Morgan fingerprint density at radius 2 is 1.96 bits per heavy atom. The summed E-state index contributed by atoms with van der Waals surface area (Å²) in [5.74, 6) is -0.901. The predicted molar refractivity (Wildman–Crippen MR) is 97.6 cm³/mol. The second-order valence-electron chi connectivity index (χ2n) is 6.71. The Balaban J connectivity index is 1.53.